The molecule has 0 saturated carbocycles. The average molecular weight is 209 g/mol. The maximum atomic E-state index is 11.3. The van der Waals surface area contributed by atoms with Crippen LogP contribution in [-0.2, 0) is 9.53 Å². The maximum Gasteiger partial charge on any atom is 0.324 e. The van der Waals surface area contributed by atoms with Gasteiger partial charge in [0.15, 0.2) is 0 Å². The molecule has 0 aromatic carbocycles. The van der Waals surface area contributed by atoms with Crippen molar-refractivity contribution in [3.05, 3.63) is 0 Å². The lowest BCUT2D eigenvalue weighted by molar-refractivity contribution is -0.151. The summed E-state index contributed by atoms with van der Waals surface area (Å²) >= 11 is 0. The monoisotopic (exact) mass is 208 g/mol. The second-order valence-corrected chi connectivity index (χ2v) is 3.00. The van der Waals surface area contributed by atoms with Crippen molar-refractivity contribution in [3.63, 3.8) is 0 Å². The van der Waals surface area contributed by atoms with Crippen molar-refractivity contribution in [3.8, 4) is 0 Å². The number of piperidine rings is 1. The fourth-order valence-electron chi connectivity index (χ4n) is 1.45. The van der Waals surface area contributed by atoms with Crippen molar-refractivity contribution in [1.82, 2.24) is 5.01 Å². The van der Waals surface area contributed by atoms with Crippen LogP contribution >= 0.6 is 12.4 Å². The second kappa shape index (κ2) is 6.18. The van der Waals surface area contributed by atoms with Gasteiger partial charge in [0, 0.05) is 6.54 Å². The van der Waals surface area contributed by atoms with Gasteiger partial charge in [0.05, 0.1) is 6.61 Å². The summed E-state index contributed by atoms with van der Waals surface area (Å²) in [6.45, 7) is 3.04. The largest absolute Gasteiger partial charge is 0.465 e. The van der Waals surface area contributed by atoms with Gasteiger partial charge < -0.3 is 4.74 Å². The first kappa shape index (κ1) is 12.7. The van der Waals surface area contributed by atoms with Crippen molar-refractivity contribution in [2.75, 3.05) is 13.2 Å². The minimum Gasteiger partial charge on any atom is -0.465 e. The molecule has 0 amide bonds. The van der Waals surface area contributed by atoms with Gasteiger partial charge in [-0.25, -0.2) is 5.01 Å². The van der Waals surface area contributed by atoms with Crippen molar-refractivity contribution in [2.45, 2.75) is 32.2 Å². The van der Waals surface area contributed by atoms with E-state index in [-0.39, 0.29) is 24.4 Å². The molecule has 0 bridgehead atoms. The van der Waals surface area contributed by atoms with Crippen molar-refractivity contribution < 1.29 is 9.53 Å². The third kappa shape index (κ3) is 3.50. The highest BCUT2D eigenvalue weighted by Crippen LogP contribution is 2.14. The molecular formula is C8H17ClN2O2. The van der Waals surface area contributed by atoms with Gasteiger partial charge in [-0.3, -0.25) is 10.6 Å². The summed E-state index contributed by atoms with van der Waals surface area (Å²) in [5, 5.41) is 1.58. The number of carbonyl (C=O) groups is 1. The van der Waals surface area contributed by atoms with E-state index in [4.69, 9.17) is 10.6 Å². The van der Waals surface area contributed by atoms with Crippen LogP contribution in [0.25, 0.3) is 0 Å². The Morgan fingerprint density at radius 1 is 1.62 bits per heavy atom. The first-order chi connectivity index (χ1) is 5.75. The standard InChI is InChI=1S/C8H16N2O2.ClH/c1-2-12-8(11)7-5-3-4-6-10(7)9;/h7H,2-6,9H2,1H3;1H/t7-;/m0./s1. The van der Waals surface area contributed by atoms with Crippen LogP contribution < -0.4 is 5.84 Å². The molecule has 1 saturated heterocycles. The Kier molecular flexibility index (Phi) is 6.03. The number of rotatable bonds is 2. The lowest BCUT2D eigenvalue weighted by Crippen LogP contribution is -2.49. The summed E-state index contributed by atoms with van der Waals surface area (Å²) in [4.78, 5) is 11.3. The lowest BCUT2D eigenvalue weighted by Gasteiger charge is -2.29. The molecule has 13 heavy (non-hydrogen) atoms. The highest BCUT2D eigenvalue weighted by atomic mass is 35.5. The van der Waals surface area contributed by atoms with Crippen molar-refractivity contribution >= 4 is 18.4 Å². The molecule has 1 rings (SSSR count). The van der Waals surface area contributed by atoms with Crippen LogP contribution in [0.15, 0.2) is 0 Å². The van der Waals surface area contributed by atoms with Gasteiger partial charge in [-0.15, -0.1) is 12.4 Å². The predicted octanol–water partition coefficient (Wildman–Crippen LogP) is 0.699. The Morgan fingerprint density at radius 2 is 2.31 bits per heavy atom. The molecule has 0 aromatic heterocycles. The number of ether oxygens (including phenoxy) is 1. The lowest BCUT2D eigenvalue weighted by atomic mass is 10.0. The SMILES string of the molecule is CCOC(=O)[C@@H]1CCCCN1N.Cl. The molecular weight excluding hydrogens is 192 g/mol. The Morgan fingerprint density at radius 3 is 2.85 bits per heavy atom. The summed E-state index contributed by atoms with van der Waals surface area (Å²) in [6, 6.07) is -0.210. The summed E-state index contributed by atoms with van der Waals surface area (Å²) < 4.78 is 4.89. The Hall–Kier alpha value is -0.320. The van der Waals surface area contributed by atoms with Crippen LogP contribution in [0.4, 0.5) is 0 Å². The number of hydrazine groups is 1. The van der Waals surface area contributed by atoms with Crippen LogP contribution in [0.5, 0.6) is 0 Å². The number of esters is 1. The Labute approximate surface area is 84.8 Å². The van der Waals surface area contributed by atoms with Crippen LogP contribution in [0, 0.1) is 0 Å². The van der Waals surface area contributed by atoms with Gasteiger partial charge in [0.2, 0.25) is 0 Å². The predicted molar refractivity (Wildman–Crippen MR) is 52.4 cm³/mol. The van der Waals surface area contributed by atoms with Gasteiger partial charge in [-0.2, -0.15) is 0 Å². The Balaban J connectivity index is 0.00000144. The van der Waals surface area contributed by atoms with Crippen LogP contribution in [0.3, 0.4) is 0 Å². The molecule has 4 nitrogen and oxygen atoms in total. The molecule has 1 atom stereocenters. The maximum absolute atomic E-state index is 11.3. The first-order valence-electron chi connectivity index (χ1n) is 4.43. The molecule has 0 aromatic rings. The minimum absolute atomic E-state index is 0. The zero-order valence-corrected chi connectivity index (χ0v) is 8.68. The zero-order valence-electron chi connectivity index (χ0n) is 7.86. The van der Waals surface area contributed by atoms with Crippen molar-refractivity contribution in [1.29, 1.82) is 0 Å². The van der Waals surface area contributed by atoms with Gasteiger partial charge in [0.1, 0.15) is 6.04 Å². The molecule has 78 valence electrons. The average Bonchev–Trinajstić information content (AvgIpc) is 2.05. The van der Waals surface area contributed by atoms with Crippen LogP contribution in [-0.4, -0.2) is 30.2 Å². The normalized spacial score (nSPS) is 23.4. The number of carbonyl (C=O) groups excluding carboxylic acids is 1. The second-order valence-electron chi connectivity index (χ2n) is 3.00. The molecule has 0 radical (unpaired) electrons. The molecule has 0 unspecified atom stereocenters. The number of nitrogens with two attached hydrogens (primary N) is 1. The fourth-order valence-corrected chi connectivity index (χ4v) is 1.45. The van der Waals surface area contributed by atoms with E-state index in [2.05, 4.69) is 0 Å². The summed E-state index contributed by atoms with van der Waals surface area (Å²) in [6.07, 6.45) is 2.97. The summed E-state index contributed by atoms with van der Waals surface area (Å²) in [7, 11) is 0. The fraction of sp³-hybridized carbons (Fsp3) is 0.875. The van der Waals surface area contributed by atoms with E-state index in [1.165, 1.54) is 0 Å². The highest BCUT2D eigenvalue weighted by molar-refractivity contribution is 5.85. The Bertz CT molecular complexity index is 166. The summed E-state index contributed by atoms with van der Waals surface area (Å²) in [5.41, 5.74) is 0. The smallest absolute Gasteiger partial charge is 0.324 e. The molecule has 0 aliphatic carbocycles. The van der Waals surface area contributed by atoms with E-state index in [1.807, 2.05) is 6.92 Å². The molecule has 1 heterocycles. The molecule has 1 fully saturated rings. The number of hydrogen-bond donors (Lipinski definition) is 1. The van der Waals surface area contributed by atoms with Gasteiger partial charge in [-0.05, 0) is 26.2 Å². The van der Waals surface area contributed by atoms with E-state index in [9.17, 15) is 4.79 Å². The first-order valence-corrected chi connectivity index (χ1v) is 4.43. The minimum atomic E-state index is -0.210. The van der Waals surface area contributed by atoms with E-state index in [0.717, 1.165) is 25.8 Å². The molecule has 1 aliphatic rings. The molecule has 5 heteroatoms. The van der Waals surface area contributed by atoms with Gasteiger partial charge in [-0.1, -0.05) is 0 Å². The van der Waals surface area contributed by atoms with Crippen LogP contribution in [0.1, 0.15) is 26.2 Å². The van der Waals surface area contributed by atoms with E-state index < -0.39 is 0 Å². The third-order valence-corrected chi connectivity index (χ3v) is 2.10. The number of hydrogen-bond acceptors (Lipinski definition) is 4. The van der Waals surface area contributed by atoms with E-state index >= 15 is 0 Å². The van der Waals surface area contributed by atoms with E-state index in [0.29, 0.717) is 6.61 Å². The number of halogens is 1. The van der Waals surface area contributed by atoms with Crippen molar-refractivity contribution in [2.24, 2.45) is 5.84 Å². The van der Waals surface area contributed by atoms with Crippen LogP contribution in [0.2, 0.25) is 0 Å². The zero-order chi connectivity index (χ0) is 8.97. The van der Waals surface area contributed by atoms with Gasteiger partial charge in [0.25, 0.3) is 0 Å². The topological polar surface area (TPSA) is 55.6 Å². The quantitative estimate of drug-likeness (QED) is 0.536. The third-order valence-electron chi connectivity index (χ3n) is 2.10. The molecule has 1 aliphatic heterocycles. The van der Waals surface area contributed by atoms with E-state index in [1.54, 1.807) is 5.01 Å². The molecule has 0 spiro atoms. The summed E-state index contributed by atoms with van der Waals surface area (Å²) in [5.74, 6) is 5.46. The molecule has 2 N–H and O–H groups in total. The van der Waals surface area contributed by atoms with Gasteiger partial charge >= 0.3 is 5.97 Å². The number of nitrogens with zero attached hydrogens (tertiary/aromatic N) is 1. The highest BCUT2D eigenvalue weighted by Gasteiger charge is 2.27.